The first-order valence-corrected chi connectivity index (χ1v) is 6.51. The molecule has 1 unspecified atom stereocenters. The van der Waals surface area contributed by atoms with E-state index < -0.39 is 0 Å². The second-order valence-electron chi connectivity index (χ2n) is 4.75. The van der Waals surface area contributed by atoms with E-state index in [2.05, 4.69) is 18.7 Å². The largest absolute Gasteiger partial charge is 0.469 e. The van der Waals surface area contributed by atoms with Crippen molar-refractivity contribution < 1.29 is 9.53 Å². The van der Waals surface area contributed by atoms with Crippen LogP contribution in [0.3, 0.4) is 0 Å². The van der Waals surface area contributed by atoms with E-state index >= 15 is 0 Å². The number of hydrogen-bond donors (Lipinski definition) is 0. The molecule has 0 aromatic rings. The van der Waals surface area contributed by atoms with Crippen LogP contribution in [0.1, 0.15) is 52.4 Å². The molecular weight excluding hydrogens is 202 g/mol. The fraction of sp³-hybridized carbons (Fsp3) is 0.923. The van der Waals surface area contributed by atoms with Crippen LogP contribution in [-0.4, -0.2) is 36.6 Å². The Morgan fingerprint density at radius 3 is 2.50 bits per heavy atom. The molecule has 3 nitrogen and oxygen atoms in total. The highest BCUT2D eigenvalue weighted by atomic mass is 16.5. The normalized spacial score (nSPS) is 19.8. The van der Waals surface area contributed by atoms with E-state index in [1.54, 1.807) is 0 Å². The third-order valence-electron chi connectivity index (χ3n) is 3.66. The summed E-state index contributed by atoms with van der Waals surface area (Å²) in [6, 6.07) is 0.985. The van der Waals surface area contributed by atoms with Crippen LogP contribution in [0.2, 0.25) is 0 Å². The lowest BCUT2D eigenvalue weighted by Gasteiger charge is -2.37. The van der Waals surface area contributed by atoms with E-state index in [1.807, 2.05) is 0 Å². The van der Waals surface area contributed by atoms with Gasteiger partial charge in [0.15, 0.2) is 0 Å². The second-order valence-corrected chi connectivity index (χ2v) is 4.75. The number of ether oxygens (including phenoxy) is 1. The highest BCUT2D eigenvalue weighted by molar-refractivity contribution is 5.69. The Balaban J connectivity index is 2.47. The minimum absolute atomic E-state index is 0.0956. The van der Waals surface area contributed by atoms with Gasteiger partial charge < -0.3 is 4.74 Å². The van der Waals surface area contributed by atoms with Crippen LogP contribution in [-0.2, 0) is 9.53 Å². The summed E-state index contributed by atoms with van der Waals surface area (Å²) < 4.78 is 4.74. The SMILES string of the molecule is CCN(C(C)CC(=O)OC)C1CCCCC1. The number of esters is 1. The minimum atomic E-state index is -0.0956. The smallest absolute Gasteiger partial charge is 0.307 e. The van der Waals surface area contributed by atoms with Crippen LogP contribution >= 0.6 is 0 Å². The number of hydrogen-bond acceptors (Lipinski definition) is 3. The predicted molar refractivity (Wildman–Crippen MR) is 65.3 cm³/mol. The van der Waals surface area contributed by atoms with Gasteiger partial charge >= 0.3 is 5.97 Å². The third kappa shape index (κ3) is 3.78. The summed E-state index contributed by atoms with van der Waals surface area (Å²) in [6.45, 7) is 5.35. The average Bonchev–Trinajstić information content (AvgIpc) is 2.31. The van der Waals surface area contributed by atoms with Gasteiger partial charge in [-0.15, -0.1) is 0 Å². The highest BCUT2D eigenvalue weighted by Gasteiger charge is 2.25. The van der Waals surface area contributed by atoms with E-state index in [0.29, 0.717) is 18.5 Å². The monoisotopic (exact) mass is 227 g/mol. The van der Waals surface area contributed by atoms with Crippen LogP contribution in [0.5, 0.6) is 0 Å². The van der Waals surface area contributed by atoms with Crippen molar-refractivity contribution in [1.29, 1.82) is 0 Å². The van der Waals surface area contributed by atoms with Gasteiger partial charge in [-0.2, -0.15) is 0 Å². The summed E-state index contributed by atoms with van der Waals surface area (Å²) in [5.74, 6) is -0.0956. The molecule has 0 aromatic heterocycles. The molecule has 1 rings (SSSR count). The van der Waals surface area contributed by atoms with Crippen LogP contribution < -0.4 is 0 Å². The zero-order valence-electron chi connectivity index (χ0n) is 10.9. The molecule has 1 aliphatic carbocycles. The molecule has 16 heavy (non-hydrogen) atoms. The van der Waals surface area contributed by atoms with Crippen LogP contribution in [0.4, 0.5) is 0 Å². The Kier molecular flexibility index (Phi) is 5.81. The van der Waals surface area contributed by atoms with E-state index in [-0.39, 0.29) is 5.97 Å². The van der Waals surface area contributed by atoms with Gasteiger partial charge in [-0.05, 0) is 26.3 Å². The molecule has 0 N–H and O–H groups in total. The number of rotatable bonds is 5. The molecule has 0 bridgehead atoms. The molecule has 0 amide bonds. The summed E-state index contributed by atoms with van der Waals surface area (Å²) in [5, 5.41) is 0. The number of carbonyl (C=O) groups is 1. The second kappa shape index (κ2) is 6.89. The van der Waals surface area contributed by atoms with E-state index in [0.717, 1.165) is 6.54 Å². The third-order valence-corrected chi connectivity index (χ3v) is 3.66. The number of methoxy groups -OCH3 is 1. The van der Waals surface area contributed by atoms with Crippen molar-refractivity contribution in [3.63, 3.8) is 0 Å². The average molecular weight is 227 g/mol. The molecule has 0 saturated heterocycles. The standard InChI is InChI=1S/C13H25NO2/c1-4-14(11(2)10-13(15)16-3)12-8-6-5-7-9-12/h11-12H,4-10H2,1-3H3. The summed E-state index contributed by atoms with van der Waals surface area (Å²) in [4.78, 5) is 13.7. The Morgan fingerprint density at radius 2 is 2.00 bits per heavy atom. The molecule has 3 heteroatoms. The Hall–Kier alpha value is -0.570. The molecule has 0 heterocycles. The maximum atomic E-state index is 11.3. The van der Waals surface area contributed by atoms with Gasteiger partial charge in [0.25, 0.3) is 0 Å². The molecular formula is C13H25NO2. The maximum absolute atomic E-state index is 11.3. The van der Waals surface area contributed by atoms with Crippen LogP contribution in [0.25, 0.3) is 0 Å². The Bertz CT molecular complexity index is 212. The molecule has 0 spiro atoms. The Morgan fingerprint density at radius 1 is 1.38 bits per heavy atom. The van der Waals surface area contributed by atoms with E-state index in [4.69, 9.17) is 4.74 Å². The molecule has 1 fully saturated rings. The molecule has 1 atom stereocenters. The molecule has 1 aliphatic rings. The maximum Gasteiger partial charge on any atom is 0.307 e. The lowest BCUT2D eigenvalue weighted by atomic mass is 9.93. The van der Waals surface area contributed by atoms with Crippen molar-refractivity contribution >= 4 is 5.97 Å². The van der Waals surface area contributed by atoms with Crippen molar-refractivity contribution in [3.05, 3.63) is 0 Å². The van der Waals surface area contributed by atoms with Gasteiger partial charge in [0.2, 0.25) is 0 Å². The summed E-state index contributed by atoms with van der Waals surface area (Å²) >= 11 is 0. The fourth-order valence-corrected chi connectivity index (χ4v) is 2.78. The van der Waals surface area contributed by atoms with E-state index in [9.17, 15) is 4.79 Å². The molecule has 0 aromatic carbocycles. The quantitative estimate of drug-likeness (QED) is 0.676. The zero-order valence-corrected chi connectivity index (χ0v) is 10.9. The highest BCUT2D eigenvalue weighted by Crippen LogP contribution is 2.24. The summed E-state index contributed by atoms with van der Waals surface area (Å²) in [7, 11) is 1.46. The first-order valence-electron chi connectivity index (χ1n) is 6.51. The first kappa shape index (κ1) is 13.5. The van der Waals surface area contributed by atoms with Crippen molar-refractivity contribution in [3.8, 4) is 0 Å². The van der Waals surface area contributed by atoms with Gasteiger partial charge in [0.05, 0.1) is 13.5 Å². The molecule has 0 aliphatic heterocycles. The minimum Gasteiger partial charge on any atom is -0.469 e. The lowest BCUT2D eigenvalue weighted by molar-refractivity contribution is -0.142. The fourth-order valence-electron chi connectivity index (χ4n) is 2.78. The van der Waals surface area contributed by atoms with Gasteiger partial charge in [-0.1, -0.05) is 26.2 Å². The molecule has 1 saturated carbocycles. The van der Waals surface area contributed by atoms with Crippen molar-refractivity contribution in [2.45, 2.75) is 64.5 Å². The van der Waals surface area contributed by atoms with Gasteiger partial charge in [-0.25, -0.2) is 0 Å². The number of carbonyl (C=O) groups excluding carboxylic acids is 1. The lowest BCUT2D eigenvalue weighted by Crippen LogP contribution is -2.43. The molecule has 94 valence electrons. The van der Waals surface area contributed by atoms with Crippen LogP contribution in [0, 0.1) is 0 Å². The Labute approximate surface area is 99.1 Å². The van der Waals surface area contributed by atoms with Gasteiger partial charge in [-0.3, -0.25) is 9.69 Å². The first-order chi connectivity index (χ1) is 7.69. The zero-order chi connectivity index (χ0) is 12.0. The van der Waals surface area contributed by atoms with Crippen molar-refractivity contribution in [2.24, 2.45) is 0 Å². The summed E-state index contributed by atoms with van der Waals surface area (Å²) in [6.07, 6.45) is 7.15. The van der Waals surface area contributed by atoms with E-state index in [1.165, 1.54) is 39.2 Å². The van der Waals surface area contributed by atoms with Crippen molar-refractivity contribution in [2.75, 3.05) is 13.7 Å². The van der Waals surface area contributed by atoms with Crippen molar-refractivity contribution in [1.82, 2.24) is 4.90 Å². The van der Waals surface area contributed by atoms with Crippen LogP contribution in [0.15, 0.2) is 0 Å². The molecule has 0 radical (unpaired) electrons. The topological polar surface area (TPSA) is 29.5 Å². The summed E-state index contributed by atoms with van der Waals surface area (Å²) in [5.41, 5.74) is 0. The predicted octanol–water partition coefficient (Wildman–Crippen LogP) is 2.59. The van der Waals surface area contributed by atoms with Gasteiger partial charge in [0.1, 0.15) is 0 Å². The number of nitrogens with zero attached hydrogens (tertiary/aromatic N) is 1. The van der Waals surface area contributed by atoms with Gasteiger partial charge in [0, 0.05) is 12.1 Å².